The van der Waals surface area contributed by atoms with Gasteiger partial charge in [0.05, 0.1) is 5.75 Å². The second-order valence-electron chi connectivity index (χ2n) is 4.71. The molecule has 0 aliphatic heterocycles. The molecule has 0 bridgehead atoms. The topological polar surface area (TPSA) is 47.8 Å². The first kappa shape index (κ1) is 15.0. The average Bonchev–Trinajstić information content (AvgIpc) is 3.23. The van der Waals surface area contributed by atoms with Crippen LogP contribution in [0.15, 0.2) is 59.3 Å². The highest BCUT2D eigenvalue weighted by atomic mass is 32.2. The van der Waals surface area contributed by atoms with Gasteiger partial charge in [-0.25, -0.2) is 0 Å². The van der Waals surface area contributed by atoms with Crippen LogP contribution in [0.2, 0.25) is 0 Å². The van der Waals surface area contributed by atoms with Crippen molar-refractivity contribution in [2.24, 2.45) is 0 Å². The Labute approximate surface area is 137 Å². The number of hydrogen-bond acceptors (Lipinski definition) is 5. The molecule has 112 valence electrons. The molecule has 3 aromatic rings. The van der Waals surface area contributed by atoms with Crippen LogP contribution in [0.5, 0.6) is 0 Å². The first-order chi connectivity index (χ1) is 10.8. The highest BCUT2D eigenvalue weighted by molar-refractivity contribution is 7.99. The molecule has 0 saturated carbocycles. The van der Waals surface area contributed by atoms with E-state index < -0.39 is 0 Å². The number of benzene rings is 1. The van der Waals surface area contributed by atoms with Crippen LogP contribution in [-0.2, 0) is 13.0 Å². The van der Waals surface area contributed by atoms with Gasteiger partial charge < -0.3 is 4.57 Å². The van der Waals surface area contributed by atoms with Crippen molar-refractivity contribution in [3.05, 3.63) is 64.6 Å². The van der Waals surface area contributed by atoms with E-state index in [1.807, 2.05) is 34.9 Å². The molecule has 0 N–H and O–H groups in total. The average molecular weight is 329 g/mol. The number of Topliss-reactive ketones (excluding diaryl/α,β-unsaturated/α-hetero) is 1. The van der Waals surface area contributed by atoms with Crippen molar-refractivity contribution in [3.63, 3.8) is 0 Å². The summed E-state index contributed by atoms with van der Waals surface area (Å²) in [5, 5.41) is 10.9. The second kappa shape index (κ2) is 7.38. The number of nitrogens with zero attached hydrogens (tertiary/aromatic N) is 3. The van der Waals surface area contributed by atoms with Crippen LogP contribution < -0.4 is 0 Å². The van der Waals surface area contributed by atoms with Crippen LogP contribution in [-0.4, -0.2) is 26.3 Å². The van der Waals surface area contributed by atoms with Gasteiger partial charge in [-0.3, -0.25) is 4.79 Å². The lowest BCUT2D eigenvalue weighted by Crippen LogP contribution is -2.05. The highest BCUT2D eigenvalue weighted by Gasteiger charge is 2.10. The van der Waals surface area contributed by atoms with E-state index in [0.717, 1.165) is 23.7 Å². The predicted molar refractivity (Wildman–Crippen MR) is 89.5 cm³/mol. The summed E-state index contributed by atoms with van der Waals surface area (Å²) in [5.41, 5.74) is 0.736. The van der Waals surface area contributed by atoms with Gasteiger partial charge in [0.15, 0.2) is 10.9 Å². The van der Waals surface area contributed by atoms with Crippen molar-refractivity contribution in [1.29, 1.82) is 0 Å². The number of aromatic nitrogens is 3. The molecular weight excluding hydrogens is 314 g/mol. The first-order valence-electron chi connectivity index (χ1n) is 6.94. The summed E-state index contributed by atoms with van der Waals surface area (Å²) in [7, 11) is 0. The zero-order valence-electron chi connectivity index (χ0n) is 11.9. The summed E-state index contributed by atoms with van der Waals surface area (Å²) in [6.07, 6.45) is 2.68. The monoisotopic (exact) mass is 329 g/mol. The van der Waals surface area contributed by atoms with Crippen molar-refractivity contribution in [3.8, 4) is 0 Å². The molecule has 0 aliphatic rings. The molecule has 2 aromatic heterocycles. The summed E-state index contributed by atoms with van der Waals surface area (Å²) in [4.78, 5) is 13.5. The maximum atomic E-state index is 12.1. The fourth-order valence-corrected chi connectivity index (χ4v) is 3.57. The van der Waals surface area contributed by atoms with E-state index in [1.54, 1.807) is 17.7 Å². The maximum absolute atomic E-state index is 12.1. The van der Waals surface area contributed by atoms with E-state index in [-0.39, 0.29) is 5.78 Å². The van der Waals surface area contributed by atoms with Gasteiger partial charge in [-0.05, 0) is 17.9 Å². The Morgan fingerprint density at radius 2 is 2.05 bits per heavy atom. The lowest BCUT2D eigenvalue weighted by molar-refractivity contribution is 0.102. The predicted octanol–water partition coefficient (Wildman–Crippen LogP) is 3.56. The van der Waals surface area contributed by atoms with E-state index >= 15 is 0 Å². The number of aryl methyl sites for hydroxylation is 2. The fourth-order valence-electron chi connectivity index (χ4n) is 2.03. The zero-order chi connectivity index (χ0) is 15.2. The van der Waals surface area contributed by atoms with Crippen LogP contribution in [0.1, 0.15) is 15.2 Å². The number of ketones is 1. The molecular formula is C16H15N3OS2. The van der Waals surface area contributed by atoms with E-state index in [1.165, 1.54) is 16.6 Å². The van der Waals surface area contributed by atoms with Gasteiger partial charge in [0.1, 0.15) is 6.33 Å². The van der Waals surface area contributed by atoms with Crippen molar-refractivity contribution in [2.75, 3.05) is 5.75 Å². The molecule has 0 aliphatic carbocycles. The van der Waals surface area contributed by atoms with Crippen molar-refractivity contribution < 1.29 is 4.79 Å². The van der Waals surface area contributed by atoms with Crippen LogP contribution >= 0.6 is 23.1 Å². The first-order valence-corrected chi connectivity index (χ1v) is 8.80. The zero-order valence-corrected chi connectivity index (χ0v) is 13.5. The molecule has 6 heteroatoms. The molecule has 0 radical (unpaired) electrons. The SMILES string of the molecule is O=C(CSc1nncn1CCc1cccs1)c1ccccc1. The summed E-state index contributed by atoms with van der Waals surface area (Å²) in [5.74, 6) is 0.486. The van der Waals surface area contributed by atoms with Gasteiger partial charge >= 0.3 is 0 Å². The largest absolute Gasteiger partial charge is 0.308 e. The Bertz CT molecular complexity index is 723. The number of carbonyl (C=O) groups excluding carboxylic acids is 1. The van der Waals surface area contributed by atoms with Crippen LogP contribution in [0.3, 0.4) is 0 Å². The third-order valence-corrected chi connectivity index (χ3v) is 5.10. The van der Waals surface area contributed by atoms with Gasteiger partial charge in [0.25, 0.3) is 0 Å². The second-order valence-corrected chi connectivity index (χ2v) is 6.69. The molecule has 0 atom stereocenters. The van der Waals surface area contributed by atoms with Crippen molar-refractivity contribution >= 4 is 28.9 Å². The molecule has 0 fully saturated rings. The number of rotatable bonds is 7. The van der Waals surface area contributed by atoms with Crippen LogP contribution in [0, 0.1) is 0 Å². The van der Waals surface area contributed by atoms with E-state index in [2.05, 4.69) is 27.7 Å². The molecule has 1 aromatic carbocycles. The minimum atomic E-state index is 0.110. The summed E-state index contributed by atoms with van der Waals surface area (Å²) in [6, 6.07) is 13.5. The number of thioether (sulfide) groups is 1. The minimum absolute atomic E-state index is 0.110. The Hall–Kier alpha value is -1.92. The molecule has 0 unspecified atom stereocenters. The smallest absolute Gasteiger partial charge is 0.191 e. The third kappa shape index (κ3) is 3.84. The molecule has 3 rings (SSSR count). The lowest BCUT2D eigenvalue weighted by Gasteiger charge is -2.05. The molecule has 0 saturated heterocycles. The molecule has 0 spiro atoms. The Balaban J connectivity index is 1.57. The van der Waals surface area contributed by atoms with Gasteiger partial charge in [0.2, 0.25) is 0 Å². The Morgan fingerprint density at radius 3 is 2.82 bits per heavy atom. The van der Waals surface area contributed by atoms with E-state index in [4.69, 9.17) is 0 Å². The van der Waals surface area contributed by atoms with Crippen LogP contribution in [0.4, 0.5) is 0 Å². The number of carbonyl (C=O) groups is 1. The molecule has 0 amide bonds. The van der Waals surface area contributed by atoms with Gasteiger partial charge in [-0.1, -0.05) is 48.2 Å². The quantitative estimate of drug-likeness (QED) is 0.491. The molecule has 2 heterocycles. The third-order valence-electron chi connectivity index (χ3n) is 3.19. The summed E-state index contributed by atoms with van der Waals surface area (Å²) in [6.45, 7) is 0.829. The minimum Gasteiger partial charge on any atom is -0.308 e. The van der Waals surface area contributed by atoms with Gasteiger partial charge in [0, 0.05) is 17.0 Å². The van der Waals surface area contributed by atoms with E-state index in [0.29, 0.717) is 5.75 Å². The van der Waals surface area contributed by atoms with Crippen LogP contribution in [0.25, 0.3) is 0 Å². The maximum Gasteiger partial charge on any atom is 0.191 e. The van der Waals surface area contributed by atoms with Crippen molar-refractivity contribution in [2.45, 2.75) is 18.1 Å². The summed E-state index contributed by atoms with van der Waals surface area (Å²) < 4.78 is 2.00. The standard InChI is InChI=1S/C16H15N3OS2/c20-15(13-5-2-1-3-6-13)11-22-16-18-17-12-19(16)9-8-14-7-4-10-21-14/h1-7,10,12H,8-9,11H2. The van der Waals surface area contributed by atoms with Gasteiger partial charge in [-0.2, -0.15) is 0 Å². The molecule has 4 nitrogen and oxygen atoms in total. The van der Waals surface area contributed by atoms with Gasteiger partial charge in [-0.15, -0.1) is 21.5 Å². The number of hydrogen-bond donors (Lipinski definition) is 0. The highest BCUT2D eigenvalue weighted by Crippen LogP contribution is 2.18. The normalized spacial score (nSPS) is 10.7. The Kier molecular flexibility index (Phi) is 5.03. The fraction of sp³-hybridized carbons (Fsp3) is 0.188. The van der Waals surface area contributed by atoms with E-state index in [9.17, 15) is 4.79 Å². The summed E-state index contributed by atoms with van der Waals surface area (Å²) >= 11 is 3.19. The number of thiophene rings is 1. The van der Waals surface area contributed by atoms with Crippen molar-refractivity contribution in [1.82, 2.24) is 14.8 Å². The molecule has 22 heavy (non-hydrogen) atoms. The lowest BCUT2D eigenvalue weighted by atomic mass is 10.2. The Morgan fingerprint density at radius 1 is 1.18 bits per heavy atom.